The van der Waals surface area contributed by atoms with E-state index >= 15 is 0 Å². The summed E-state index contributed by atoms with van der Waals surface area (Å²) in [6, 6.07) is 6.14. The Morgan fingerprint density at radius 1 is 1.26 bits per heavy atom. The van der Waals surface area contributed by atoms with Gasteiger partial charge in [-0.25, -0.2) is 0 Å². The zero-order valence-corrected chi connectivity index (χ0v) is 21.9. The van der Waals surface area contributed by atoms with Crippen LogP contribution in [0, 0.1) is 11.8 Å². The number of anilines is 1. The second-order valence-corrected chi connectivity index (χ2v) is 10.9. The Hall–Kier alpha value is -2.17. The number of benzene rings is 1. The van der Waals surface area contributed by atoms with Gasteiger partial charge < -0.3 is 30.1 Å². The highest BCUT2D eigenvalue weighted by Crippen LogP contribution is 2.60. The Kier molecular flexibility index (Phi) is 7.73. The topological polar surface area (TPSA) is 117 Å². The predicted octanol–water partition coefficient (Wildman–Crippen LogP) is 2.07. The molecule has 0 radical (unpaired) electrons. The van der Waals surface area contributed by atoms with Crippen molar-refractivity contribution >= 4 is 39.3 Å². The fraction of sp³-hybridized carbons (Fsp3) is 0.640. The molecule has 0 aromatic heterocycles. The van der Waals surface area contributed by atoms with Gasteiger partial charge in [0, 0.05) is 29.7 Å². The molecule has 3 heterocycles. The Balaban J connectivity index is 1.62. The second-order valence-electron chi connectivity index (χ2n) is 9.74. The minimum Gasteiger partial charge on any atom is -0.494 e. The molecule has 1 aromatic rings. The van der Waals surface area contributed by atoms with Crippen LogP contribution in [0.25, 0.3) is 0 Å². The smallest absolute Gasteiger partial charge is 0.246 e. The number of likely N-dealkylation sites (tertiary alicyclic amines) is 1. The van der Waals surface area contributed by atoms with E-state index in [4.69, 9.17) is 9.47 Å². The molecule has 3 aliphatic heterocycles. The number of fused-ring (bicyclic) bond motifs is 1. The molecule has 3 N–H and O–H groups in total. The molecule has 9 nitrogen and oxygen atoms in total. The molecule has 3 aliphatic rings. The maximum atomic E-state index is 13.7. The summed E-state index contributed by atoms with van der Waals surface area (Å²) in [7, 11) is 0. The van der Waals surface area contributed by atoms with E-state index in [0.29, 0.717) is 43.9 Å². The van der Waals surface area contributed by atoms with Crippen LogP contribution in [0.1, 0.15) is 40.0 Å². The standard InChI is InChI=1S/C25H34BrN3O6/c1-4-34-16-9-7-15(8-10-16)28-22(31)18-19-24(33)29(11-5-6-12-30)21(23(32)27-14(2)3)25(19)13-17(26)20(18)35-25/h7-10,14,17-21,30H,4-6,11-13H2,1-3H3,(H,27,32)(H,28,31)/t17?,18-,19+,20-,21?,25?/m1/s1. The molecule has 3 saturated heterocycles. The van der Waals surface area contributed by atoms with Gasteiger partial charge in [-0.1, -0.05) is 15.9 Å². The van der Waals surface area contributed by atoms with Crippen LogP contribution in [-0.4, -0.2) is 76.1 Å². The van der Waals surface area contributed by atoms with Crippen LogP contribution in [0.2, 0.25) is 0 Å². The monoisotopic (exact) mass is 551 g/mol. The van der Waals surface area contributed by atoms with Gasteiger partial charge in [-0.05, 0) is 64.3 Å². The van der Waals surface area contributed by atoms with Crippen molar-refractivity contribution in [2.75, 3.05) is 25.1 Å². The van der Waals surface area contributed by atoms with Crippen molar-refractivity contribution < 1.29 is 29.0 Å². The minimum absolute atomic E-state index is 0.00856. The van der Waals surface area contributed by atoms with Gasteiger partial charge in [-0.3, -0.25) is 14.4 Å². The Bertz CT molecular complexity index is 957. The number of rotatable bonds is 10. The van der Waals surface area contributed by atoms with Crippen LogP contribution in [0.15, 0.2) is 24.3 Å². The first-order valence-corrected chi connectivity index (χ1v) is 13.2. The first-order chi connectivity index (χ1) is 16.7. The Morgan fingerprint density at radius 3 is 2.60 bits per heavy atom. The van der Waals surface area contributed by atoms with Crippen LogP contribution in [-0.2, 0) is 19.1 Å². The molecule has 0 saturated carbocycles. The van der Waals surface area contributed by atoms with E-state index in [0.717, 1.165) is 0 Å². The van der Waals surface area contributed by atoms with Crippen molar-refractivity contribution in [3.63, 3.8) is 0 Å². The summed E-state index contributed by atoms with van der Waals surface area (Å²) in [5, 5.41) is 15.1. The van der Waals surface area contributed by atoms with E-state index in [1.165, 1.54) is 0 Å². The lowest BCUT2D eigenvalue weighted by Gasteiger charge is -2.34. The highest BCUT2D eigenvalue weighted by atomic mass is 79.9. The van der Waals surface area contributed by atoms with Gasteiger partial charge in [0.1, 0.15) is 17.4 Å². The number of unbranched alkanes of at least 4 members (excludes halogenated alkanes) is 1. The summed E-state index contributed by atoms with van der Waals surface area (Å²) in [6.07, 6.45) is 1.03. The fourth-order valence-corrected chi connectivity index (χ4v) is 6.70. The van der Waals surface area contributed by atoms with Gasteiger partial charge in [0.15, 0.2) is 0 Å². The average Bonchev–Trinajstić information content (AvgIpc) is 3.38. The lowest BCUT2D eigenvalue weighted by Crippen LogP contribution is -2.56. The van der Waals surface area contributed by atoms with E-state index in [9.17, 15) is 19.5 Å². The zero-order valence-electron chi connectivity index (χ0n) is 20.3. The average molecular weight is 552 g/mol. The van der Waals surface area contributed by atoms with E-state index in [2.05, 4.69) is 26.6 Å². The number of carbonyl (C=O) groups is 3. The van der Waals surface area contributed by atoms with Crippen molar-refractivity contribution in [3.05, 3.63) is 24.3 Å². The first kappa shape index (κ1) is 25.9. The summed E-state index contributed by atoms with van der Waals surface area (Å²) < 4.78 is 11.9. The third-order valence-corrected chi connectivity index (χ3v) is 7.86. The molecule has 3 unspecified atom stereocenters. The molecular weight excluding hydrogens is 518 g/mol. The minimum atomic E-state index is -1.07. The lowest BCUT2D eigenvalue weighted by molar-refractivity contribution is -0.141. The summed E-state index contributed by atoms with van der Waals surface area (Å²) in [4.78, 5) is 42.0. The lowest BCUT2D eigenvalue weighted by atomic mass is 9.70. The summed E-state index contributed by atoms with van der Waals surface area (Å²) in [5.74, 6) is -1.58. The van der Waals surface area contributed by atoms with E-state index in [1.54, 1.807) is 29.2 Å². The summed E-state index contributed by atoms with van der Waals surface area (Å²) in [5.41, 5.74) is -0.477. The maximum Gasteiger partial charge on any atom is 0.246 e. The number of carbonyl (C=O) groups excluding carboxylic acids is 3. The van der Waals surface area contributed by atoms with Crippen LogP contribution in [0.5, 0.6) is 5.75 Å². The number of aliphatic hydroxyl groups is 1. The highest BCUT2D eigenvalue weighted by molar-refractivity contribution is 9.09. The molecule has 1 aromatic carbocycles. The first-order valence-electron chi connectivity index (χ1n) is 12.3. The molecule has 6 atom stereocenters. The molecule has 10 heteroatoms. The molecule has 2 bridgehead atoms. The van der Waals surface area contributed by atoms with Gasteiger partial charge in [0.25, 0.3) is 0 Å². The van der Waals surface area contributed by atoms with Crippen molar-refractivity contribution in [1.82, 2.24) is 10.2 Å². The molecular formula is C25H34BrN3O6. The van der Waals surface area contributed by atoms with Crippen LogP contribution in [0.4, 0.5) is 5.69 Å². The van der Waals surface area contributed by atoms with Crippen molar-refractivity contribution in [1.29, 1.82) is 0 Å². The summed E-state index contributed by atoms with van der Waals surface area (Å²) in [6.45, 7) is 6.51. The number of hydrogen-bond donors (Lipinski definition) is 3. The van der Waals surface area contributed by atoms with E-state index in [-0.39, 0.29) is 35.2 Å². The maximum absolute atomic E-state index is 13.7. The number of nitrogens with one attached hydrogen (secondary N) is 2. The van der Waals surface area contributed by atoms with Gasteiger partial charge in [-0.15, -0.1) is 0 Å². The zero-order chi connectivity index (χ0) is 25.3. The van der Waals surface area contributed by atoms with Crippen LogP contribution >= 0.6 is 15.9 Å². The van der Waals surface area contributed by atoms with Gasteiger partial charge in [0.2, 0.25) is 17.7 Å². The third-order valence-electron chi connectivity index (χ3n) is 7.01. The normalized spacial score (nSPS) is 31.1. The van der Waals surface area contributed by atoms with Gasteiger partial charge in [0.05, 0.1) is 24.5 Å². The fourth-order valence-electron chi connectivity index (χ4n) is 5.75. The molecule has 4 rings (SSSR count). The van der Waals surface area contributed by atoms with Crippen molar-refractivity contribution in [2.45, 2.75) is 68.6 Å². The van der Waals surface area contributed by atoms with Crippen molar-refractivity contribution in [3.8, 4) is 5.75 Å². The number of hydrogen-bond acceptors (Lipinski definition) is 6. The molecule has 0 aliphatic carbocycles. The van der Waals surface area contributed by atoms with E-state index in [1.807, 2.05) is 20.8 Å². The Morgan fingerprint density at radius 2 is 1.97 bits per heavy atom. The molecule has 192 valence electrons. The van der Waals surface area contributed by atoms with Gasteiger partial charge in [-0.2, -0.15) is 0 Å². The van der Waals surface area contributed by atoms with Crippen LogP contribution in [0.3, 0.4) is 0 Å². The molecule has 3 fully saturated rings. The van der Waals surface area contributed by atoms with E-state index < -0.39 is 29.6 Å². The summed E-state index contributed by atoms with van der Waals surface area (Å²) >= 11 is 3.66. The number of nitrogens with zero attached hydrogens (tertiary/aromatic N) is 1. The largest absolute Gasteiger partial charge is 0.494 e. The quantitative estimate of drug-likeness (QED) is 0.302. The third kappa shape index (κ3) is 4.68. The number of amides is 3. The second kappa shape index (κ2) is 10.4. The van der Waals surface area contributed by atoms with Gasteiger partial charge >= 0.3 is 0 Å². The predicted molar refractivity (Wildman–Crippen MR) is 133 cm³/mol. The number of alkyl halides is 1. The SMILES string of the molecule is CCOc1ccc(NC(=O)[C@H]2[C@@H]3OC4(CC3Br)C(C(=O)NC(C)C)N(CCCCO)C(=O)[C@H]24)cc1. The van der Waals surface area contributed by atoms with Crippen molar-refractivity contribution in [2.24, 2.45) is 11.8 Å². The Labute approximate surface area is 214 Å². The molecule has 1 spiro atoms. The number of halogens is 1. The highest BCUT2D eigenvalue weighted by Gasteiger charge is 2.76. The molecule has 3 amide bonds. The van der Waals surface area contributed by atoms with Crippen LogP contribution < -0.4 is 15.4 Å². The number of aliphatic hydroxyl groups excluding tert-OH is 1. The molecule has 35 heavy (non-hydrogen) atoms. The number of ether oxygens (including phenoxy) is 2.